The summed E-state index contributed by atoms with van der Waals surface area (Å²) in [6, 6.07) is 6.45. The van der Waals surface area contributed by atoms with Crippen molar-refractivity contribution in [2.45, 2.75) is 26.5 Å². The molecule has 0 aromatic carbocycles. The molecule has 14 heteroatoms. The molecule has 1 atom stereocenters. The number of alkyl halides is 4. The molecule has 200 valence electrons. The molecule has 3 N–H and O–H groups in total. The molecule has 0 unspecified atom stereocenters. The number of primary amides is 1. The van der Waals surface area contributed by atoms with Gasteiger partial charge in [0.15, 0.2) is 0 Å². The Labute approximate surface area is 210 Å². The summed E-state index contributed by atoms with van der Waals surface area (Å²) in [5.74, 6) is -0.0527. The summed E-state index contributed by atoms with van der Waals surface area (Å²) in [6.07, 6.45) is -0.790. The topological polar surface area (TPSA) is 130 Å². The number of amides is 1. The van der Waals surface area contributed by atoms with E-state index in [0.717, 1.165) is 0 Å². The second kappa shape index (κ2) is 10.7. The molecule has 4 aromatic rings. The highest BCUT2D eigenvalue weighted by molar-refractivity contribution is 6.04. The Morgan fingerprint density at radius 1 is 1.22 bits per heavy atom. The number of hydrogen-bond donors (Lipinski definition) is 2. The fourth-order valence-corrected chi connectivity index (χ4v) is 3.94. The van der Waals surface area contributed by atoms with Gasteiger partial charge in [-0.05, 0) is 24.3 Å². The van der Waals surface area contributed by atoms with Crippen LogP contribution in [0.15, 0.2) is 36.7 Å². The number of nitrogens with zero attached hydrogens (tertiary/aromatic N) is 4. The van der Waals surface area contributed by atoms with Crippen molar-refractivity contribution in [3.8, 4) is 34.1 Å². The fraction of sp³-hybridized carbons (Fsp3) is 0.304. The van der Waals surface area contributed by atoms with Crippen LogP contribution in [0.25, 0.3) is 33.4 Å². The molecule has 1 aliphatic heterocycles. The third-order valence-corrected chi connectivity index (χ3v) is 5.39. The van der Waals surface area contributed by atoms with E-state index >= 15 is 0 Å². The van der Waals surface area contributed by atoms with Crippen molar-refractivity contribution in [2.24, 2.45) is 11.7 Å². The largest absolute Gasteiger partial charge is 0.477 e. The van der Waals surface area contributed by atoms with Crippen LogP contribution in [0.3, 0.4) is 0 Å². The van der Waals surface area contributed by atoms with Crippen LogP contribution >= 0.6 is 0 Å². The van der Waals surface area contributed by atoms with Gasteiger partial charge < -0.3 is 24.9 Å². The summed E-state index contributed by atoms with van der Waals surface area (Å²) in [7, 11) is 1.22. The normalized spacial score (nSPS) is 14.6. The van der Waals surface area contributed by atoms with Crippen LogP contribution < -0.4 is 15.2 Å². The van der Waals surface area contributed by atoms with E-state index in [9.17, 15) is 22.4 Å². The van der Waals surface area contributed by atoms with E-state index in [1.807, 2.05) is 6.92 Å². The second-order valence-corrected chi connectivity index (χ2v) is 8.00. The van der Waals surface area contributed by atoms with Crippen LogP contribution in [0.2, 0.25) is 0 Å². The number of carbonyl (C=O) groups excluding carboxylic acids is 1. The summed E-state index contributed by atoms with van der Waals surface area (Å²) in [5.41, 5.74) is 5.17. The number of aromatic amines is 1. The van der Waals surface area contributed by atoms with E-state index in [-0.39, 0.29) is 37.4 Å². The van der Waals surface area contributed by atoms with E-state index in [1.165, 1.54) is 30.3 Å². The van der Waals surface area contributed by atoms with Crippen LogP contribution in [0, 0.1) is 5.92 Å². The quantitative estimate of drug-likeness (QED) is 0.339. The number of nitrogens with two attached hydrogens (primary N) is 1. The Morgan fingerprint density at radius 3 is 2.59 bits per heavy atom. The van der Waals surface area contributed by atoms with Gasteiger partial charge in [-0.2, -0.15) is 13.9 Å². The summed E-state index contributed by atoms with van der Waals surface area (Å²) in [6.45, 7) is -0.438. The van der Waals surface area contributed by atoms with Gasteiger partial charge in [0.25, 0.3) is 6.43 Å². The molecular formula is C23H26F4N6O4. The van der Waals surface area contributed by atoms with Gasteiger partial charge in [-0.1, -0.05) is 6.92 Å². The molecule has 0 fully saturated rings. The molecule has 5 heterocycles. The lowest BCUT2D eigenvalue weighted by molar-refractivity contribution is -0.0524. The minimum atomic E-state index is -3.11. The fourth-order valence-electron chi connectivity index (χ4n) is 3.94. The third-order valence-electron chi connectivity index (χ3n) is 5.39. The van der Waals surface area contributed by atoms with Gasteiger partial charge in [-0.15, -0.1) is 0 Å². The van der Waals surface area contributed by atoms with Gasteiger partial charge in [0, 0.05) is 37.7 Å². The van der Waals surface area contributed by atoms with Crippen LogP contribution in [0.1, 0.15) is 21.9 Å². The van der Waals surface area contributed by atoms with Gasteiger partial charge in [-0.3, -0.25) is 0 Å². The number of aromatic nitrogens is 5. The molecule has 4 aromatic heterocycles. The SMILES string of the molecule is COC(N)=O.C[C@H]1COc2c(-c3[nH]c4ncccc4c3-c3cccnc3OC(F)F)c(C(F)F)nn2C1.[HH].[HH]. The maximum Gasteiger partial charge on any atom is 0.404 e. The number of methoxy groups -OCH3 is 1. The first-order valence-electron chi connectivity index (χ1n) is 10.9. The van der Waals surface area contributed by atoms with E-state index in [2.05, 4.69) is 35.3 Å². The molecule has 0 bridgehead atoms. The Bertz CT molecular complexity index is 1420. The predicted octanol–water partition coefficient (Wildman–Crippen LogP) is 5.26. The van der Waals surface area contributed by atoms with Crippen molar-refractivity contribution in [2.75, 3.05) is 13.7 Å². The summed E-state index contributed by atoms with van der Waals surface area (Å²) >= 11 is 0. The van der Waals surface area contributed by atoms with E-state index in [0.29, 0.717) is 29.7 Å². The third kappa shape index (κ3) is 5.27. The van der Waals surface area contributed by atoms with Crippen molar-refractivity contribution in [3.05, 3.63) is 42.4 Å². The predicted molar refractivity (Wildman–Crippen MR) is 128 cm³/mol. The van der Waals surface area contributed by atoms with Crippen molar-refractivity contribution in [1.82, 2.24) is 24.7 Å². The first-order valence-corrected chi connectivity index (χ1v) is 10.9. The minimum Gasteiger partial charge on any atom is -0.477 e. The smallest absolute Gasteiger partial charge is 0.404 e. The lowest BCUT2D eigenvalue weighted by Gasteiger charge is -2.21. The van der Waals surface area contributed by atoms with Crippen molar-refractivity contribution < 1.29 is 39.4 Å². The van der Waals surface area contributed by atoms with Gasteiger partial charge >= 0.3 is 12.7 Å². The maximum absolute atomic E-state index is 14.0. The molecule has 0 saturated carbocycles. The van der Waals surface area contributed by atoms with Gasteiger partial charge in [-0.25, -0.2) is 28.2 Å². The molecule has 0 spiro atoms. The number of rotatable bonds is 5. The average Bonchev–Trinajstić information content (AvgIpc) is 3.42. The highest BCUT2D eigenvalue weighted by Gasteiger charge is 2.33. The Morgan fingerprint density at radius 2 is 1.92 bits per heavy atom. The molecule has 0 radical (unpaired) electrons. The number of fused-ring (bicyclic) bond motifs is 2. The number of carbonyl (C=O) groups is 1. The number of H-pyrrole nitrogens is 1. The summed E-state index contributed by atoms with van der Waals surface area (Å²) < 4.78 is 69.9. The molecule has 1 amide bonds. The molecular weight excluding hydrogens is 500 g/mol. The zero-order valence-electron chi connectivity index (χ0n) is 19.6. The maximum atomic E-state index is 14.0. The summed E-state index contributed by atoms with van der Waals surface area (Å²) in [5, 5.41) is 4.61. The Kier molecular flexibility index (Phi) is 7.45. The van der Waals surface area contributed by atoms with Crippen molar-refractivity contribution >= 4 is 17.1 Å². The molecule has 10 nitrogen and oxygen atoms in total. The van der Waals surface area contributed by atoms with E-state index < -0.39 is 24.8 Å². The van der Waals surface area contributed by atoms with Crippen molar-refractivity contribution in [3.63, 3.8) is 0 Å². The highest BCUT2D eigenvalue weighted by atomic mass is 19.3. The first-order chi connectivity index (χ1) is 17.7. The van der Waals surface area contributed by atoms with E-state index in [1.54, 1.807) is 18.2 Å². The Balaban J connectivity index is 0.000000701. The molecule has 0 aliphatic carbocycles. The zero-order valence-corrected chi connectivity index (χ0v) is 19.6. The zero-order chi connectivity index (χ0) is 26.7. The number of nitrogens with one attached hydrogen (secondary N) is 1. The number of hydrogen-bond acceptors (Lipinski definition) is 7. The van der Waals surface area contributed by atoms with Crippen LogP contribution in [0.5, 0.6) is 11.8 Å². The lowest BCUT2D eigenvalue weighted by atomic mass is 9.99. The molecule has 37 heavy (non-hydrogen) atoms. The standard InChI is InChI=1S/C21H17F4N5O2.C2H5NO2.2H2/c1-10-8-30-20(31-9-10)14(16(29-30)17(22)23)15-13(11-4-2-6-26-18(11)28-15)12-5-3-7-27-19(12)32-21(24)25;1-5-2(3)4;;/h2-7,10,17,21H,8-9H2,1H3,(H,26,28);1H3,(H2,3,4);2*1H/t10-;;;/m1.../s1. The van der Waals surface area contributed by atoms with Crippen LogP contribution in [-0.2, 0) is 11.3 Å². The second-order valence-electron chi connectivity index (χ2n) is 8.00. The summed E-state index contributed by atoms with van der Waals surface area (Å²) in [4.78, 5) is 20.6. The van der Waals surface area contributed by atoms with Gasteiger partial charge in [0.1, 0.15) is 11.3 Å². The number of ether oxygens (including phenoxy) is 3. The van der Waals surface area contributed by atoms with Crippen LogP contribution in [-0.4, -0.2) is 51.2 Å². The van der Waals surface area contributed by atoms with Crippen LogP contribution in [0.4, 0.5) is 22.4 Å². The lowest BCUT2D eigenvalue weighted by Crippen LogP contribution is -2.23. The monoisotopic (exact) mass is 526 g/mol. The van der Waals surface area contributed by atoms with Gasteiger partial charge in [0.2, 0.25) is 11.8 Å². The molecule has 0 saturated heterocycles. The minimum absolute atomic E-state index is 0. The highest BCUT2D eigenvalue weighted by Crippen LogP contribution is 2.47. The molecule has 5 rings (SSSR count). The number of halogens is 4. The average molecular weight is 526 g/mol. The van der Waals surface area contributed by atoms with E-state index in [4.69, 9.17) is 4.74 Å². The first kappa shape index (κ1) is 25.7. The Hall–Kier alpha value is -4.36. The molecule has 1 aliphatic rings. The number of pyridine rings is 2. The van der Waals surface area contributed by atoms with Gasteiger partial charge in [0.05, 0.1) is 31.5 Å². The van der Waals surface area contributed by atoms with Crippen molar-refractivity contribution in [1.29, 1.82) is 0 Å².